The van der Waals surface area contributed by atoms with Gasteiger partial charge in [0.05, 0.1) is 0 Å². The van der Waals surface area contributed by atoms with Crippen LogP contribution in [0.15, 0.2) is 133 Å². The summed E-state index contributed by atoms with van der Waals surface area (Å²) in [6.45, 7) is 8.87. The smallest absolute Gasteiger partial charge is 0.000741 e. The van der Waals surface area contributed by atoms with E-state index in [-0.39, 0.29) is 0 Å². The Morgan fingerprint density at radius 2 is 0.804 bits per heavy atom. The maximum Gasteiger partial charge on any atom is -0.000741 e. The Labute approximate surface area is 270 Å². The molecule has 0 aromatic heterocycles. The molecule has 0 bridgehead atoms. The van der Waals surface area contributed by atoms with E-state index in [0.29, 0.717) is 0 Å². The first-order chi connectivity index (χ1) is 22.4. The monoisotopic (exact) mass is 586 g/mol. The highest BCUT2D eigenvalue weighted by Gasteiger charge is 2.31. The summed E-state index contributed by atoms with van der Waals surface area (Å²) in [5.41, 5.74) is 18.3. The van der Waals surface area contributed by atoms with Gasteiger partial charge in [0.1, 0.15) is 0 Å². The molecule has 1 aliphatic carbocycles. The molecule has 0 N–H and O–H groups in total. The summed E-state index contributed by atoms with van der Waals surface area (Å²) >= 11 is 0. The van der Waals surface area contributed by atoms with E-state index in [0.717, 1.165) is 0 Å². The number of aryl methyl sites for hydroxylation is 4. The minimum absolute atomic E-state index is 1.26. The van der Waals surface area contributed by atoms with E-state index < -0.39 is 0 Å². The van der Waals surface area contributed by atoms with Crippen LogP contribution < -0.4 is 0 Å². The lowest BCUT2D eigenvalue weighted by molar-refractivity contribution is 1.38. The first kappa shape index (κ1) is 26.9. The summed E-state index contributed by atoms with van der Waals surface area (Å²) < 4.78 is 0. The molecular formula is C46H34. The average molecular weight is 587 g/mol. The van der Waals surface area contributed by atoms with Crippen molar-refractivity contribution in [2.24, 2.45) is 0 Å². The molecular weight excluding hydrogens is 553 g/mol. The van der Waals surface area contributed by atoms with E-state index in [1.54, 1.807) is 0 Å². The Balaban J connectivity index is 1.45. The quantitative estimate of drug-likeness (QED) is 0.193. The molecule has 0 unspecified atom stereocenters. The normalized spacial score (nSPS) is 11.9. The predicted molar refractivity (Wildman–Crippen MR) is 199 cm³/mol. The van der Waals surface area contributed by atoms with Gasteiger partial charge in [-0.1, -0.05) is 150 Å². The van der Waals surface area contributed by atoms with Gasteiger partial charge in [-0.2, -0.15) is 0 Å². The van der Waals surface area contributed by atoms with Crippen LogP contribution in [0.2, 0.25) is 0 Å². The third kappa shape index (κ3) is 4.00. The zero-order valence-electron chi connectivity index (χ0n) is 26.7. The van der Waals surface area contributed by atoms with Gasteiger partial charge in [-0.15, -0.1) is 0 Å². The van der Waals surface area contributed by atoms with E-state index >= 15 is 0 Å². The summed E-state index contributed by atoms with van der Waals surface area (Å²) in [6, 6.07) is 50.3. The third-order valence-corrected chi connectivity index (χ3v) is 9.88. The Kier molecular flexibility index (Phi) is 5.86. The minimum atomic E-state index is 1.26. The van der Waals surface area contributed by atoms with Crippen molar-refractivity contribution in [3.63, 3.8) is 0 Å². The van der Waals surface area contributed by atoms with Crippen molar-refractivity contribution in [2.45, 2.75) is 27.7 Å². The molecule has 8 aromatic rings. The van der Waals surface area contributed by atoms with Gasteiger partial charge >= 0.3 is 0 Å². The van der Waals surface area contributed by atoms with Gasteiger partial charge in [0, 0.05) is 0 Å². The van der Waals surface area contributed by atoms with Crippen molar-refractivity contribution >= 4 is 32.3 Å². The molecule has 0 radical (unpaired) electrons. The molecule has 0 spiro atoms. The Hall–Kier alpha value is -5.46. The number of rotatable bonds is 3. The van der Waals surface area contributed by atoms with E-state index in [1.807, 2.05) is 0 Å². The van der Waals surface area contributed by atoms with Crippen molar-refractivity contribution in [3.05, 3.63) is 156 Å². The van der Waals surface area contributed by atoms with Crippen LogP contribution in [0, 0.1) is 27.7 Å². The van der Waals surface area contributed by atoms with Crippen LogP contribution in [0.3, 0.4) is 0 Å². The second-order valence-corrected chi connectivity index (χ2v) is 13.2. The van der Waals surface area contributed by atoms with Gasteiger partial charge in [-0.05, 0) is 122 Å². The van der Waals surface area contributed by atoms with Crippen molar-refractivity contribution in [1.82, 2.24) is 0 Å². The molecule has 0 saturated carbocycles. The van der Waals surface area contributed by atoms with Crippen LogP contribution in [0.1, 0.15) is 22.3 Å². The summed E-state index contributed by atoms with van der Waals surface area (Å²) in [5.74, 6) is 0. The topological polar surface area (TPSA) is 0 Å². The van der Waals surface area contributed by atoms with Crippen LogP contribution >= 0.6 is 0 Å². The van der Waals surface area contributed by atoms with Crippen LogP contribution in [0.25, 0.3) is 88.0 Å². The van der Waals surface area contributed by atoms with Crippen molar-refractivity contribution in [2.75, 3.05) is 0 Å². The fraction of sp³-hybridized carbons (Fsp3) is 0.0870. The molecule has 0 aliphatic heterocycles. The molecule has 0 amide bonds. The van der Waals surface area contributed by atoms with Gasteiger partial charge in [0.25, 0.3) is 0 Å². The molecule has 46 heavy (non-hydrogen) atoms. The van der Waals surface area contributed by atoms with Crippen molar-refractivity contribution < 1.29 is 0 Å². The van der Waals surface area contributed by atoms with Gasteiger partial charge in [-0.3, -0.25) is 0 Å². The number of benzene rings is 8. The fourth-order valence-corrected chi connectivity index (χ4v) is 8.25. The van der Waals surface area contributed by atoms with Gasteiger partial charge in [-0.25, -0.2) is 0 Å². The van der Waals surface area contributed by atoms with E-state index in [4.69, 9.17) is 0 Å². The first-order valence-electron chi connectivity index (χ1n) is 16.3. The largest absolute Gasteiger partial charge is 0.0616 e. The Morgan fingerprint density at radius 3 is 1.41 bits per heavy atom. The first-order valence-corrected chi connectivity index (χ1v) is 16.3. The average Bonchev–Trinajstić information content (AvgIpc) is 3.37. The second kappa shape index (κ2) is 10.0. The highest BCUT2D eigenvalue weighted by Crippen LogP contribution is 2.58. The maximum absolute atomic E-state index is 2.40. The molecule has 0 saturated heterocycles. The number of hydrogen-bond donors (Lipinski definition) is 0. The van der Waals surface area contributed by atoms with Crippen LogP contribution in [-0.2, 0) is 0 Å². The van der Waals surface area contributed by atoms with Crippen LogP contribution in [0.4, 0.5) is 0 Å². The van der Waals surface area contributed by atoms with Gasteiger partial charge < -0.3 is 0 Å². The maximum atomic E-state index is 2.40. The van der Waals surface area contributed by atoms with Gasteiger partial charge in [0.2, 0.25) is 0 Å². The summed E-state index contributed by atoms with van der Waals surface area (Å²) in [5, 5.41) is 7.82. The van der Waals surface area contributed by atoms with Crippen LogP contribution in [0.5, 0.6) is 0 Å². The number of hydrogen-bond acceptors (Lipinski definition) is 0. The Bertz CT molecular complexity index is 2420. The second-order valence-electron chi connectivity index (χ2n) is 13.2. The summed E-state index contributed by atoms with van der Waals surface area (Å²) in [6.07, 6.45) is 0. The third-order valence-electron chi connectivity index (χ3n) is 9.88. The molecule has 9 rings (SSSR count). The summed E-state index contributed by atoms with van der Waals surface area (Å²) in [4.78, 5) is 0. The lowest BCUT2D eigenvalue weighted by Crippen LogP contribution is -1.95. The zero-order chi connectivity index (χ0) is 31.1. The number of fused-ring (bicyclic) bond motifs is 5. The van der Waals surface area contributed by atoms with E-state index in [9.17, 15) is 0 Å². The highest BCUT2D eigenvalue weighted by molar-refractivity contribution is 6.28. The van der Waals surface area contributed by atoms with E-state index in [2.05, 4.69) is 161 Å². The van der Waals surface area contributed by atoms with Crippen LogP contribution in [-0.4, -0.2) is 0 Å². The highest BCUT2D eigenvalue weighted by atomic mass is 14.3. The lowest BCUT2D eigenvalue weighted by Gasteiger charge is -2.21. The standard InChI is InChI=1S/C46H34/c1-27-20-28(2)23-34(22-27)42-38-12-7-8-13-39(38)43(35-24-29(3)21-30(4)25-35)46-41-19-18-36(37-14-9-15-40(44(37)41)45(42)46)33-17-16-31-10-5-6-11-32(31)26-33/h5-26H,1-4H3. The molecule has 1 aliphatic rings. The fourth-order valence-electron chi connectivity index (χ4n) is 8.25. The zero-order valence-corrected chi connectivity index (χ0v) is 26.7. The predicted octanol–water partition coefficient (Wildman–Crippen LogP) is 13.0. The SMILES string of the molecule is Cc1cc(C)cc(-c2c3c(c(-c4cc(C)cc(C)c4)c4ccccc24)-c2ccc(-c4ccc5ccccc5c4)c4cccc-3c24)c1. The molecule has 0 heterocycles. The molecule has 0 heteroatoms. The lowest BCUT2D eigenvalue weighted by atomic mass is 9.81. The molecule has 0 atom stereocenters. The molecule has 0 fully saturated rings. The minimum Gasteiger partial charge on any atom is -0.0616 e. The summed E-state index contributed by atoms with van der Waals surface area (Å²) in [7, 11) is 0. The van der Waals surface area contributed by atoms with E-state index in [1.165, 1.54) is 110 Å². The van der Waals surface area contributed by atoms with Crippen molar-refractivity contribution in [3.8, 4) is 55.6 Å². The van der Waals surface area contributed by atoms with Gasteiger partial charge in [0.15, 0.2) is 0 Å². The Morgan fingerprint density at radius 1 is 0.304 bits per heavy atom. The van der Waals surface area contributed by atoms with Crippen molar-refractivity contribution in [1.29, 1.82) is 0 Å². The molecule has 218 valence electrons. The molecule has 8 aromatic carbocycles. The molecule has 0 nitrogen and oxygen atoms in total.